The van der Waals surface area contributed by atoms with Gasteiger partial charge in [0, 0.05) is 12.2 Å². The lowest BCUT2D eigenvalue weighted by Gasteiger charge is -2.11. The summed E-state index contributed by atoms with van der Waals surface area (Å²) in [6, 6.07) is 7.83. The van der Waals surface area contributed by atoms with Gasteiger partial charge < -0.3 is 10.6 Å². The molecule has 1 amide bonds. The molecule has 1 aromatic carbocycles. The van der Waals surface area contributed by atoms with Crippen molar-refractivity contribution >= 4 is 36.4 Å². The minimum absolute atomic E-state index is 0. The molecule has 120 valence electrons. The zero-order valence-corrected chi connectivity index (χ0v) is 13.6. The number of carbonyl (C=O) groups excluding carboxylic acids is 1. The van der Waals surface area contributed by atoms with Crippen LogP contribution in [0.3, 0.4) is 0 Å². The van der Waals surface area contributed by atoms with E-state index >= 15 is 0 Å². The van der Waals surface area contributed by atoms with Crippen molar-refractivity contribution in [2.24, 2.45) is 5.92 Å². The maximum Gasteiger partial charge on any atom is 0.228 e. The van der Waals surface area contributed by atoms with Crippen molar-refractivity contribution < 1.29 is 4.79 Å². The summed E-state index contributed by atoms with van der Waals surface area (Å²) in [5.41, 5.74) is 1.91. The van der Waals surface area contributed by atoms with E-state index in [0.717, 1.165) is 30.8 Å². The third kappa shape index (κ3) is 4.69. The number of hydrogen-bond acceptors (Lipinski definition) is 4. The molecule has 6 nitrogen and oxygen atoms in total. The number of halogens is 2. The molecular formula is C14H19Cl2N5O. The Labute approximate surface area is 141 Å². The molecule has 0 bridgehead atoms. The second-order valence-corrected chi connectivity index (χ2v) is 4.97. The van der Waals surface area contributed by atoms with Crippen LogP contribution in [0.25, 0.3) is 0 Å². The summed E-state index contributed by atoms with van der Waals surface area (Å²) in [7, 11) is 0. The molecule has 0 aliphatic carbocycles. The molecule has 8 heteroatoms. The lowest BCUT2D eigenvalue weighted by molar-refractivity contribution is -0.119. The Bertz CT molecular complexity index is 585. The molecule has 1 aliphatic heterocycles. The van der Waals surface area contributed by atoms with Crippen LogP contribution in [0.2, 0.25) is 0 Å². The van der Waals surface area contributed by atoms with E-state index in [0.29, 0.717) is 6.54 Å². The Morgan fingerprint density at radius 3 is 2.95 bits per heavy atom. The fourth-order valence-electron chi connectivity index (χ4n) is 2.37. The largest absolute Gasteiger partial charge is 0.326 e. The maximum atomic E-state index is 12.1. The van der Waals surface area contributed by atoms with Gasteiger partial charge in [0.15, 0.2) is 0 Å². The summed E-state index contributed by atoms with van der Waals surface area (Å²) >= 11 is 0. The topological polar surface area (TPSA) is 71.8 Å². The highest BCUT2D eigenvalue weighted by atomic mass is 35.5. The highest BCUT2D eigenvalue weighted by Gasteiger charge is 2.22. The van der Waals surface area contributed by atoms with Crippen LogP contribution in [-0.4, -0.2) is 33.8 Å². The van der Waals surface area contributed by atoms with Crippen LogP contribution in [0, 0.1) is 5.92 Å². The van der Waals surface area contributed by atoms with Gasteiger partial charge >= 0.3 is 0 Å². The van der Waals surface area contributed by atoms with E-state index in [1.807, 2.05) is 24.3 Å². The van der Waals surface area contributed by atoms with Crippen molar-refractivity contribution in [3.63, 3.8) is 0 Å². The first-order valence-electron chi connectivity index (χ1n) is 6.74. The zero-order chi connectivity index (χ0) is 13.8. The first-order chi connectivity index (χ1) is 9.81. The maximum absolute atomic E-state index is 12.1. The molecular weight excluding hydrogens is 325 g/mol. The number of anilines is 1. The van der Waals surface area contributed by atoms with Gasteiger partial charge in [0.2, 0.25) is 5.91 Å². The number of nitrogens with one attached hydrogen (secondary N) is 2. The summed E-state index contributed by atoms with van der Waals surface area (Å²) in [5, 5.41) is 10.3. The Morgan fingerprint density at radius 2 is 2.27 bits per heavy atom. The Hall–Kier alpha value is -1.63. The van der Waals surface area contributed by atoms with Gasteiger partial charge in [-0.25, -0.2) is 9.67 Å². The Kier molecular flexibility index (Phi) is 7.31. The molecule has 1 aromatic heterocycles. The van der Waals surface area contributed by atoms with Crippen LogP contribution in [0.1, 0.15) is 12.0 Å². The molecule has 1 atom stereocenters. The van der Waals surface area contributed by atoms with E-state index in [2.05, 4.69) is 20.7 Å². The average molecular weight is 344 g/mol. The van der Waals surface area contributed by atoms with Crippen LogP contribution in [0.5, 0.6) is 0 Å². The third-order valence-electron chi connectivity index (χ3n) is 3.44. The molecule has 1 unspecified atom stereocenters. The predicted octanol–water partition coefficient (Wildman–Crippen LogP) is 1.72. The van der Waals surface area contributed by atoms with Gasteiger partial charge in [-0.3, -0.25) is 4.79 Å². The number of nitrogens with zero attached hydrogens (tertiary/aromatic N) is 3. The summed E-state index contributed by atoms with van der Waals surface area (Å²) < 4.78 is 1.75. The quantitative estimate of drug-likeness (QED) is 0.886. The molecule has 1 fully saturated rings. The summed E-state index contributed by atoms with van der Waals surface area (Å²) in [6.07, 6.45) is 4.10. The molecule has 0 saturated carbocycles. The van der Waals surface area contributed by atoms with E-state index < -0.39 is 0 Å². The smallest absolute Gasteiger partial charge is 0.228 e. The Balaban J connectivity index is 0.00000121. The Morgan fingerprint density at radius 1 is 1.41 bits per heavy atom. The van der Waals surface area contributed by atoms with Crippen molar-refractivity contribution in [3.8, 4) is 0 Å². The van der Waals surface area contributed by atoms with Crippen LogP contribution >= 0.6 is 24.8 Å². The lowest BCUT2D eigenvalue weighted by atomic mass is 10.1. The molecule has 2 aromatic rings. The second-order valence-electron chi connectivity index (χ2n) is 4.97. The van der Waals surface area contributed by atoms with Crippen molar-refractivity contribution in [2.75, 3.05) is 18.4 Å². The van der Waals surface area contributed by atoms with Crippen molar-refractivity contribution in [1.29, 1.82) is 0 Å². The van der Waals surface area contributed by atoms with E-state index in [1.54, 1.807) is 11.0 Å². The number of aromatic nitrogens is 3. The van der Waals surface area contributed by atoms with Crippen LogP contribution in [0.4, 0.5) is 5.69 Å². The van der Waals surface area contributed by atoms with E-state index in [9.17, 15) is 4.79 Å². The molecule has 1 saturated heterocycles. The molecule has 2 heterocycles. The number of carbonyl (C=O) groups is 1. The van der Waals surface area contributed by atoms with Crippen molar-refractivity contribution in [2.45, 2.75) is 13.0 Å². The van der Waals surface area contributed by atoms with Gasteiger partial charge in [-0.2, -0.15) is 5.10 Å². The average Bonchev–Trinajstić information content (AvgIpc) is 3.12. The normalized spacial score (nSPS) is 16.5. The summed E-state index contributed by atoms with van der Waals surface area (Å²) in [4.78, 5) is 16.0. The van der Waals surface area contributed by atoms with Crippen LogP contribution in [-0.2, 0) is 11.3 Å². The van der Waals surface area contributed by atoms with Gasteiger partial charge in [0.25, 0.3) is 0 Å². The van der Waals surface area contributed by atoms with E-state index in [4.69, 9.17) is 0 Å². The molecule has 0 spiro atoms. The number of rotatable bonds is 4. The van der Waals surface area contributed by atoms with Crippen molar-refractivity contribution in [1.82, 2.24) is 20.1 Å². The van der Waals surface area contributed by atoms with Crippen molar-refractivity contribution in [3.05, 3.63) is 42.5 Å². The molecule has 0 radical (unpaired) electrons. The molecule has 3 rings (SSSR count). The summed E-state index contributed by atoms with van der Waals surface area (Å²) in [6.45, 7) is 2.34. The van der Waals surface area contributed by atoms with E-state index in [-0.39, 0.29) is 36.6 Å². The minimum atomic E-state index is 0. The summed E-state index contributed by atoms with van der Waals surface area (Å²) in [5.74, 6) is 0.168. The standard InChI is InChI=1S/C14H17N5O.2ClH/c20-14(12-4-5-15-7-12)18-13-3-1-2-11(6-13)8-19-10-16-9-17-19;;/h1-3,6,9-10,12,15H,4-5,7-8H2,(H,18,20);2*1H. The number of benzene rings is 1. The lowest BCUT2D eigenvalue weighted by Crippen LogP contribution is -2.24. The second kappa shape index (κ2) is 8.73. The molecule has 1 aliphatic rings. The third-order valence-corrected chi connectivity index (χ3v) is 3.44. The monoisotopic (exact) mass is 343 g/mol. The van der Waals surface area contributed by atoms with Gasteiger partial charge in [0.05, 0.1) is 12.5 Å². The fourth-order valence-corrected chi connectivity index (χ4v) is 2.37. The van der Waals surface area contributed by atoms with Crippen LogP contribution < -0.4 is 10.6 Å². The molecule has 22 heavy (non-hydrogen) atoms. The van der Waals surface area contributed by atoms with Gasteiger partial charge in [-0.15, -0.1) is 24.8 Å². The highest BCUT2D eigenvalue weighted by Crippen LogP contribution is 2.15. The van der Waals surface area contributed by atoms with E-state index in [1.165, 1.54) is 6.33 Å². The van der Waals surface area contributed by atoms with Gasteiger partial charge in [-0.05, 0) is 30.7 Å². The fraction of sp³-hybridized carbons (Fsp3) is 0.357. The van der Waals surface area contributed by atoms with Gasteiger partial charge in [0.1, 0.15) is 12.7 Å². The highest BCUT2D eigenvalue weighted by molar-refractivity contribution is 5.92. The predicted molar refractivity (Wildman–Crippen MR) is 89.7 cm³/mol. The SMILES string of the molecule is Cl.Cl.O=C(Nc1cccc(Cn2cncn2)c1)C1CCNC1. The van der Waals surface area contributed by atoms with Gasteiger partial charge in [-0.1, -0.05) is 12.1 Å². The minimum Gasteiger partial charge on any atom is -0.326 e. The van der Waals surface area contributed by atoms with Crippen LogP contribution in [0.15, 0.2) is 36.9 Å². The first kappa shape index (κ1) is 18.4. The molecule has 2 N–H and O–H groups in total. The number of hydrogen-bond donors (Lipinski definition) is 2. The number of amides is 1. The first-order valence-corrected chi connectivity index (χ1v) is 6.74. The zero-order valence-electron chi connectivity index (χ0n) is 11.9.